The molecule has 1 amide bonds. The number of hydrogen-bond acceptors (Lipinski definition) is 2. The number of carbonyl (C=O) groups is 2. The number of aromatic nitrogens is 2. The number of allylic oxidation sites excluding steroid dienone is 1. The van der Waals surface area contributed by atoms with E-state index in [0.717, 1.165) is 73.2 Å². The van der Waals surface area contributed by atoms with Crippen LogP contribution in [0.4, 0.5) is 0 Å². The van der Waals surface area contributed by atoms with E-state index in [1.807, 2.05) is 0 Å². The van der Waals surface area contributed by atoms with Crippen LogP contribution in [0.3, 0.4) is 0 Å². The molecule has 0 spiro atoms. The fraction of sp³-hybridized carbons (Fsp3) is 0.267. The van der Waals surface area contributed by atoms with Crippen molar-refractivity contribution in [3.8, 4) is 0 Å². The first-order valence-electron chi connectivity index (χ1n) is 12.4. The highest BCUT2D eigenvalue weighted by atomic mass is 16.2. The molecule has 5 aromatic rings. The highest BCUT2D eigenvalue weighted by Gasteiger charge is 2.53. The van der Waals surface area contributed by atoms with Crippen molar-refractivity contribution >= 4 is 60.9 Å². The second-order valence-electron chi connectivity index (χ2n) is 10.8. The van der Waals surface area contributed by atoms with Gasteiger partial charge in [-0.25, -0.2) is 0 Å². The maximum Gasteiger partial charge on any atom is 0.227 e. The number of amides is 1. The van der Waals surface area contributed by atoms with Crippen molar-refractivity contribution in [3.63, 3.8) is 0 Å². The molecule has 0 saturated heterocycles. The summed E-state index contributed by atoms with van der Waals surface area (Å²) in [6.45, 7) is 6.49. The van der Waals surface area contributed by atoms with Gasteiger partial charge in [0, 0.05) is 57.7 Å². The number of benzene rings is 3. The number of hydrogen-bond donors (Lipinski definition) is 1. The molecule has 3 aromatic carbocycles. The zero-order valence-corrected chi connectivity index (χ0v) is 19.8. The molecule has 2 aliphatic carbocycles. The molecule has 2 unspecified atom stereocenters. The quantitative estimate of drug-likeness (QED) is 0.327. The molecule has 5 heteroatoms. The Bertz CT molecular complexity index is 1850. The Morgan fingerprint density at radius 2 is 1.57 bits per heavy atom. The van der Waals surface area contributed by atoms with E-state index >= 15 is 0 Å². The largest absolute Gasteiger partial charge is 0.359 e. The molecule has 0 radical (unpaired) electrons. The lowest BCUT2D eigenvalue weighted by atomic mass is 9.83. The van der Waals surface area contributed by atoms with Crippen LogP contribution in [0.2, 0.25) is 0 Å². The molecular formula is C30H25N3O2. The van der Waals surface area contributed by atoms with Gasteiger partial charge in [0.2, 0.25) is 5.91 Å². The molecule has 2 aromatic heterocycles. The maximum atomic E-state index is 13.5. The predicted molar refractivity (Wildman–Crippen MR) is 140 cm³/mol. The summed E-state index contributed by atoms with van der Waals surface area (Å²) in [5.74, 6) is 0.254. The Hall–Kier alpha value is -3.86. The summed E-state index contributed by atoms with van der Waals surface area (Å²) in [5, 5.41) is 7.40. The normalized spacial score (nSPS) is 24.9. The van der Waals surface area contributed by atoms with Crippen LogP contribution in [0.1, 0.15) is 54.2 Å². The van der Waals surface area contributed by atoms with E-state index in [0.29, 0.717) is 6.42 Å². The Kier molecular flexibility index (Phi) is 3.35. The lowest BCUT2D eigenvalue weighted by molar-refractivity contribution is -0.131. The first-order valence-corrected chi connectivity index (χ1v) is 12.4. The summed E-state index contributed by atoms with van der Waals surface area (Å²) >= 11 is 0. The van der Waals surface area contributed by atoms with Gasteiger partial charge < -0.3 is 14.5 Å². The van der Waals surface area contributed by atoms with Crippen LogP contribution in [0, 0.1) is 5.41 Å². The van der Waals surface area contributed by atoms with Gasteiger partial charge in [-0.15, -0.1) is 0 Å². The predicted octanol–water partition coefficient (Wildman–Crippen LogP) is 6.14. The number of carbonyl (C=O) groups excluding carboxylic acids is 2. The smallest absolute Gasteiger partial charge is 0.227 e. The van der Waals surface area contributed by atoms with E-state index in [-0.39, 0.29) is 23.8 Å². The standard InChI is InChI=1S/C30H25N3O2/c1-15-12-21(34)26-23(15)24-18-9-5-7-11-20(18)33-22-13-16(14-30(22,2)29(35)31-3)32-19-10-6-4-8-17(19)25(26)27(32)28(24)33/h4-11,16,22H,1,12-14H2,2-3H3,(H,31,35)/t16?,22?,30-/m0/s1. The van der Waals surface area contributed by atoms with Gasteiger partial charge in [0.15, 0.2) is 5.78 Å². The average Bonchev–Trinajstić information content (AvgIpc) is 3.53. The second-order valence-corrected chi connectivity index (χ2v) is 10.8. The van der Waals surface area contributed by atoms with Crippen molar-refractivity contribution in [2.45, 2.75) is 38.3 Å². The van der Waals surface area contributed by atoms with Crippen LogP contribution in [-0.4, -0.2) is 27.9 Å². The molecule has 5 nitrogen and oxygen atoms in total. The minimum atomic E-state index is -0.546. The highest BCUT2D eigenvalue weighted by Crippen LogP contribution is 2.60. The van der Waals surface area contributed by atoms with E-state index in [4.69, 9.17) is 0 Å². The van der Waals surface area contributed by atoms with Gasteiger partial charge in [0.05, 0.1) is 22.5 Å². The summed E-state index contributed by atoms with van der Waals surface area (Å²) in [6, 6.07) is 17.1. The van der Waals surface area contributed by atoms with Gasteiger partial charge >= 0.3 is 0 Å². The summed E-state index contributed by atoms with van der Waals surface area (Å²) in [7, 11) is 1.74. The molecule has 3 atom stereocenters. The molecule has 3 heterocycles. The van der Waals surface area contributed by atoms with Crippen molar-refractivity contribution in [1.82, 2.24) is 14.5 Å². The van der Waals surface area contributed by atoms with Crippen LogP contribution >= 0.6 is 0 Å². The lowest BCUT2D eigenvalue weighted by Gasteiger charge is -2.32. The summed E-state index contributed by atoms with van der Waals surface area (Å²) in [5.41, 5.74) is 6.76. The Balaban J connectivity index is 1.73. The van der Waals surface area contributed by atoms with E-state index in [2.05, 4.69) is 76.5 Å². The summed E-state index contributed by atoms with van der Waals surface area (Å²) < 4.78 is 4.91. The minimum absolute atomic E-state index is 0.0140. The first kappa shape index (κ1) is 19.4. The van der Waals surface area contributed by atoms with Gasteiger partial charge in [0.25, 0.3) is 0 Å². The third kappa shape index (κ3) is 2.00. The number of para-hydroxylation sites is 2. The second kappa shape index (κ2) is 6.03. The molecule has 3 aliphatic rings. The monoisotopic (exact) mass is 459 g/mol. The number of nitrogens with zero attached hydrogens (tertiary/aromatic N) is 2. The fourth-order valence-corrected chi connectivity index (χ4v) is 7.80. The van der Waals surface area contributed by atoms with Crippen LogP contribution < -0.4 is 5.32 Å². The highest BCUT2D eigenvalue weighted by molar-refractivity contribution is 6.35. The van der Waals surface area contributed by atoms with Crippen molar-refractivity contribution in [3.05, 3.63) is 66.2 Å². The van der Waals surface area contributed by atoms with E-state index in [1.54, 1.807) is 7.05 Å². The van der Waals surface area contributed by atoms with Gasteiger partial charge in [0.1, 0.15) is 0 Å². The topological polar surface area (TPSA) is 56.0 Å². The van der Waals surface area contributed by atoms with E-state index in [9.17, 15) is 9.59 Å². The Morgan fingerprint density at radius 3 is 2.26 bits per heavy atom. The number of fused-ring (bicyclic) bond motifs is 13. The van der Waals surface area contributed by atoms with E-state index in [1.165, 1.54) is 0 Å². The number of nitrogens with one attached hydrogen (secondary N) is 1. The van der Waals surface area contributed by atoms with Crippen molar-refractivity contribution < 1.29 is 9.59 Å². The van der Waals surface area contributed by atoms with Gasteiger partial charge in [-0.1, -0.05) is 43.0 Å². The summed E-state index contributed by atoms with van der Waals surface area (Å²) in [6.07, 6.45) is 2.00. The average molecular weight is 460 g/mol. The van der Waals surface area contributed by atoms with Crippen LogP contribution in [0.15, 0.2) is 55.1 Å². The van der Waals surface area contributed by atoms with Gasteiger partial charge in [-0.3, -0.25) is 9.59 Å². The van der Waals surface area contributed by atoms with Gasteiger partial charge in [-0.05, 0) is 43.0 Å². The molecule has 2 bridgehead atoms. The zero-order chi connectivity index (χ0) is 23.8. The molecule has 172 valence electrons. The SMILES string of the molecule is C=C1CC(=O)c2c1c1c3ccccc3n3c1c1c2c2ccccc2n1C1CC3[C@@](C)(C(=O)NC)C1. The summed E-state index contributed by atoms with van der Waals surface area (Å²) in [4.78, 5) is 26.9. The zero-order valence-electron chi connectivity index (χ0n) is 19.8. The van der Waals surface area contributed by atoms with Crippen molar-refractivity contribution in [2.24, 2.45) is 5.41 Å². The first-order chi connectivity index (χ1) is 17.0. The maximum absolute atomic E-state index is 13.5. The molecular weight excluding hydrogens is 434 g/mol. The van der Waals surface area contributed by atoms with Crippen LogP contribution in [0.5, 0.6) is 0 Å². The third-order valence-electron chi connectivity index (χ3n) is 9.11. The molecule has 1 saturated carbocycles. The molecule has 35 heavy (non-hydrogen) atoms. The number of rotatable bonds is 1. The molecule has 8 rings (SSSR count). The van der Waals surface area contributed by atoms with E-state index < -0.39 is 5.41 Å². The van der Waals surface area contributed by atoms with Crippen molar-refractivity contribution in [1.29, 1.82) is 0 Å². The minimum Gasteiger partial charge on any atom is -0.359 e. The fourth-order valence-electron chi connectivity index (χ4n) is 7.80. The number of Topliss-reactive ketones (excluding diaryl/α,β-unsaturated/α-hetero) is 1. The number of ketones is 1. The Morgan fingerprint density at radius 1 is 0.971 bits per heavy atom. The van der Waals surface area contributed by atoms with Crippen LogP contribution in [0.25, 0.3) is 49.2 Å². The van der Waals surface area contributed by atoms with Crippen LogP contribution in [-0.2, 0) is 4.79 Å². The Labute approximate surface area is 202 Å². The van der Waals surface area contributed by atoms with Gasteiger partial charge in [-0.2, -0.15) is 0 Å². The molecule has 1 fully saturated rings. The van der Waals surface area contributed by atoms with Crippen molar-refractivity contribution in [2.75, 3.05) is 7.05 Å². The third-order valence-corrected chi connectivity index (χ3v) is 9.11. The molecule has 1 aliphatic heterocycles. The molecule has 1 N–H and O–H groups in total. The lowest BCUT2D eigenvalue weighted by Crippen LogP contribution is -2.40.